The van der Waals surface area contributed by atoms with E-state index >= 15 is 0 Å². The van der Waals surface area contributed by atoms with Crippen molar-refractivity contribution in [2.75, 3.05) is 24.5 Å². The normalized spacial score (nSPS) is 24.4. The molecule has 2 aliphatic rings. The zero-order valence-corrected chi connectivity index (χ0v) is 12.8. The molecule has 1 aliphatic carbocycles. The molecule has 1 N–H and O–H groups in total. The van der Waals surface area contributed by atoms with Crippen molar-refractivity contribution in [3.63, 3.8) is 0 Å². The fourth-order valence-electron chi connectivity index (χ4n) is 2.96. The van der Waals surface area contributed by atoms with E-state index in [0.717, 1.165) is 43.2 Å². The first-order chi connectivity index (χ1) is 9.15. The molecule has 1 aliphatic heterocycles. The summed E-state index contributed by atoms with van der Waals surface area (Å²) < 4.78 is 14.4. The molecule has 1 aromatic carbocycles. The van der Waals surface area contributed by atoms with Crippen LogP contribution in [0.15, 0.2) is 16.6 Å². The number of aryl methyl sites for hydroxylation is 1. The van der Waals surface area contributed by atoms with Gasteiger partial charge in [0.25, 0.3) is 0 Å². The first-order valence-corrected chi connectivity index (χ1v) is 7.88. The average Bonchev–Trinajstić information content (AvgIpc) is 3.18. The lowest BCUT2D eigenvalue weighted by Crippen LogP contribution is -2.39. The lowest BCUT2D eigenvalue weighted by molar-refractivity contribution is 0.489. The van der Waals surface area contributed by atoms with Crippen molar-refractivity contribution in [3.05, 3.63) is 28.0 Å². The number of anilines is 1. The van der Waals surface area contributed by atoms with Crippen LogP contribution in [0.25, 0.3) is 0 Å². The van der Waals surface area contributed by atoms with Crippen molar-refractivity contribution < 1.29 is 4.39 Å². The van der Waals surface area contributed by atoms with E-state index in [0.29, 0.717) is 10.5 Å². The van der Waals surface area contributed by atoms with Crippen LogP contribution >= 0.6 is 15.9 Å². The fourth-order valence-corrected chi connectivity index (χ4v) is 3.42. The van der Waals surface area contributed by atoms with Gasteiger partial charge in [0, 0.05) is 24.8 Å². The van der Waals surface area contributed by atoms with Crippen LogP contribution in [0.5, 0.6) is 0 Å². The van der Waals surface area contributed by atoms with Gasteiger partial charge in [0.1, 0.15) is 5.82 Å². The third-order valence-electron chi connectivity index (χ3n) is 4.20. The van der Waals surface area contributed by atoms with E-state index in [1.165, 1.54) is 12.8 Å². The maximum absolute atomic E-state index is 13.8. The molecule has 2 fully saturated rings. The Morgan fingerprint density at radius 2 is 2.16 bits per heavy atom. The van der Waals surface area contributed by atoms with E-state index in [4.69, 9.17) is 0 Å². The molecule has 1 saturated carbocycles. The zero-order valence-electron chi connectivity index (χ0n) is 11.3. The summed E-state index contributed by atoms with van der Waals surface area (Å²) in [6.07, 6.45) is 3.82. The molecule has 3 rings (SSSR count). The van der Waals surface area contributed by atoms with Gasteiger partial charge in [-0.3, -0.25) is 0 Å². The van der Waals surface area contributed by atoms with Gasteiger partial charge >= 0.3 is 0 Å². The Morgan fingerprint density at radius 1 is 1.37 bits per heavy atom. The van der Waals surface area contributed by atoms with Gasteiger partial charge in [0.15, 0.2) is 0 Å². The number of rotatable bonds is 2. The summed E-state index contributed by atoms with van der Waals surface area (Å²) in [5.41, 5.74) is 2.19. The highest BCUT2D eigenvalue weighted by Gasteiger charge is 2.33. The molecule has 104 valence electrons. The second-order valence-corrected chi connectivity index (χ2v) is 6.60. The molecule has 2 nitrogen and oxygen atoms in total. The molecule has 1 aromatic rings. The van der Waals surface area contributed by atoms with Gasteiger partial charge in [-0.1, -0.05) is 0 Å². The van der Waals surface area contributed by atoms with Gasteiger partial charge in [0.05, 0.1) is 4.47 Å². The largest absolute Gasteiger partial charge is 0.370 e. The minimum absolute atomic E-state index is 0.166. The second kappa shape index (κ2) is 5.41. The smallest absolute Gasteiger partial charge is 0.139 e. The number of halogens is 2. The van der Waals surface area contributed by atoms with Crippen LogP contribution < -0.4 is 10.2 Å². The summed E-state index contributed by atoms with van der Waals surface area (Å²) in [7, 11) is 0. The predicted octanol–water partition coefficient (Wildman–Crippen LogP) is 3.47. The Bertz CT molecular complexity index is 473. The molecule has 0 bridgehead atoms. The highest BCUT2D eigenvalue weighted by molar-refractivity contribution is 9.10. The average molecular weight is 327 g/mol. The molecule has 0 radical (unpaired) electrons. The molecule has 4 heteroatoms. The van der Waals surface area contributed by atoms with Crippen molar-refractivity contribution in [1.29, 1.82) is 0 Å². The van der Waals surface area contributed by atoms with Gasteiger partial charge in [-0.05, 0) is 72.3 Å². The summed E-state index contributed by atoms with van der Waals surface area (Å²) in [6.45, 7) is 5.16. The first-order valence-electron chi connectivity index (χ1n) is 7.09. The summed E-state index contributed by atoms with van der Waals surface area (Å²) in [6, 6.07) is 4.14. The third kappa shape index (κ3) is 2.95. The molecular formula is C15H20BrFN2. The van der Waals surface area contributed by atoms with Crippen LogP contribution in [-0.4, -0.2) is 25.7 Å². The van der Waals surface area contributed by atoms with Crippen molar-refractivity contribution >= 4 is 21.6 Å². The fraction of sp³-hybridized carbons (Fsp3) is 0.600. The highest BCUT2D eigenvalue weighted by atomic mass is 79.9. The summed E-state index contributed by atoms with van der Waals surface area (Å²) in [5.74, 6) is 0.668. The Balaban J connectivity index is 1.84. The minimum atomic E-state index is -0.166. The van der Waals surface area contributed by atoms with Crippen molar-refractivity contribution in [1.82, 2.24) is 5.32 Å². The van der Waals surface area contributed by atoms with Crippen molar-refractivity contribution in [2.45, 2.75) is 32.2 Å². The predicted molar refractivity (Wildman–Crippen MR) is 80.2 cm³/mol. The summed E-state index contributed by atoms with van der Waals surface area (Å²) in [5, 5.41) is 3.64. The molecule has 1 heterocycles. The lowest BCUT2D eigenvalue weighted by Gasteiger charge is -2.28. The number of hydrogen-bond donors (Lipinski definition) is 1. The van der Waals surface area contributed by atoms with Gasteiger partial charge < -0.3 is 10.2 Å². The van der Waals surface area contributed by atoms with Crippen LogP contribution in [-0.2, 0) is 0 Å². The number of nitrogens with one attached hydrogen (secondary N) is 1. The van der Waals surface area contributed by atoms with Crippen LogP contribution in [0.4, 0.5) is 10.1 Å². The molecule has 1 unspecified atom stereocenters. The van der Waals surface area contributed by atoms with Gasteiger partial charge in [0.2, 0.25) is 0 Å². The van der Waals surface area contributed by atoms with Crippen molar-refractivity contribution in [2.24, 2.45) is 5.92 Å². The number of hydrogen-bond acceptors (Lipinski definition) is 2. The molecular weight excluding hydrogens is 307 g/mol. The van der Waals surface area contributed by atoms with Crippen LogP contribution in [0, 0.1) is 18.7 Å². The van der Waals surface area contributed by atoms with E-state index in [-0.39, 0.29) is 5.82 Å². The highest BCUT2D eigenvalue weighted by Crippen LogP contribution is 2.35. The van der Waals surface area contributed by atoms with E-state index in [1.54, 1.807) is 6.07 Å². The van der Waals surface area contributed by atoms with Crippen LogP contribution in [0.3, 0.4) is 0 Å². The SMILES string of the molecule is Cc1cc(Br)c(F)cc1N1CCCNC(C2CC2)C1. The Morgan fingerprint density at radius 3 is 2.89 bits per heavy atom. The lowest BCUT2D eigenvalue weighted by atomic mass is 10.1. The monoisotopic (exact) mass is 326 g/mol. The molecule has 0 aromatic heterocycles. The van der Waals surface area contributed by atoms with Crippen LogP contribution in [0.1, 0.15) is 24.8 Å². The Kier molecular flexibility index (Phi) is 3.81. The molecule has 1 atom stereocenters. The molecule has 0 amide bonds. The zero-order chi connectivity index (χ0) is 13.4. The number of benzene rings is 1. The minimum Gasteiger partial charge on any atom is -0.370 e. The van der Waals surface area contributed by atoms with E-state index in [1.807, 2.05) is 6.07 Å². The van der Waals surface area contributed by atoms with Gasteiger partial charge in [-0.15, -0.1) is 0 Å². The standard InChI is InChI=1S/C15H20BrFN2/c1-10-7-12(16)13(17)8-15(10)19-6-2-5-18-14(9-19)11-3-4-11/h7-8,11,14,18H,2-6,9H2,1H3. The van der Waals surface area contributed by atoms with Gasteiger partial charge in [-0.2, -0.15) is 0 Å². The third-order valence-corrected chi connectivity index (χ3v) is 4.81. The Hall–Kier alpha value is -0.610. The van der Waals surface area contributed by atoms with Crippen molar-refractivity contribution in [3.8, 4) is 0 Å². The molecule has 0 spiro atoms. The number of nitrogens with zero attached hydrogens (tertiary/aromatic N) is 1. The molecule has 19 heavy (non-hydrogen) atoms. The van der Waals surface area contributed by atoms with E-state index in [9.17, 15) is 4.39 Å². The molecule has 1 saturated heterocycles. The topological polar surface area (TPSA) is 15.3 Å². The first kappa shape index (κ1) is 13.4. The summed E-state index contributed by atoms with van der Waals surface area (Å²) in [4.78, 5) is 2.36. The quantitative estimate of drug-likeness (QED) is 0.895. The van der Waals surface area contributed by atoms with Gasteiger partial charge in [-0.25, -0.2) is 4.39 Å². The Labute approximate surface area is 122 Å². The second-order valence-electron chi connectivity index (χ2n) is 5.75. The van der Waals surface area contributed by atoms with Crippen LogP contribution in [0.2, 0.25) is 0 Å². The maximum atomic E-state index is 13.8. The van der Waals surface area contributed by atoms with E-state index < -0.39 is 0 Å². The van der Waals surface area contributed by atoms with E-state index in [2.05, 4.69) is 33.1 Å². The maximum Gasteiger partial charge on any atom is 0.139 e. The summed E-state index contributed by atoms with van der Waals surface area (Å²) >= 11 is 3.26.